The molecule has 0 atom stereocenters. The van der Waals surface area contributed by atoms with Gasteiger partial charge < -0.3 is 9.84 Å². The van der Waals surface area contributed by atoms with Crippen molar-refractivity contribution in [2.45, 2.75) is 0 Å². The topological polar surface area (TPSA) is 89.7 Å². The van der Waals surface area contributed by atoms with Gasteiger partial charge in [-0.2, -0.15) is 0 Å². The van der Waals surface area contributed by atoms with E-state index in [9.17, 15) is 14.9 Å². The Kier molecular flexibility index (Phi) is 3.68. The highest BCUT2D eigenvalue weighted by Crippen LogP contribution is 2.37. The van der Waals surface area contributed by atoms with Crippen molar-refractivity contribution < 1.29 is 19.6 Å². The van der Waals surface area contributed by atoms with Gasteiger partial charge >= 0.3 is 11.7 Å². The highest BCUT2D eigenvalue weighted by atomic mass is 35.5. The van der Waals surface area contributed by atoms with Crippen LogP contribution in [0.3, 0.4) is 0 Å². The quantitative estimate of drug-likeness (QED) is 0.685. The van der Waals surface area contributed by atoms with E-state index in [-0.39, 0.29) is 27.1 Å². The number of benzene rings is 1. The Morgan fingerprint density at radius 3 is 2.79 bits per heavy atom. The van der Waals surface area contributed by atoms with Crippen molar-refractivity contribution in [1.29, 1.82) is 0 Å². The van der Waals surface area contributed by atoms with Crippen molar-refractivity contribution in [1.82, 2.24) is 0 Å². The Morgan fingerprint density at radius 2 is 2.21 bits per heavy atom. The molecule has 1 aromatic heterocycles. The molecular weight excluding hydrogens is 294 g/mol. The highest BCUT2D eigenvalue weighted by molar-refractivity contribution is 7.12. The Hall–Kier alpha value is -2.12. The Bertz CT molecular complexity index is 654. The van der Waals surface area contributed by atoms with E-state index >= 15 is 0 Å². The fraction of sp³-hybridized carbons (Fsp3) is 0. The molecule has 0 fully saturated rings. The highest BCUT2D eigenvalue weighted by Gasteiger charge is 2.21. The third kappa shape index (κ3) is 2.83. The van der Waals surface area contributed by atoms with Crippen LogP contribution in [0.5, 0.6) is 11.5 Å². The monoisotopic (exact) mass is 299 g/mol. The molecule has 2 aromatic rings. The van der Waals surface area contributed by atoms with Crippen LogP contribution in [0.25, 0.3) is 0 Å². The summed E-state index contributed by atoms with van der Waals surface area (Å²) in [4.78, 5) is 21.0. The van der Waals surface area contributed by atoms with Gasteiger partial charge in [0.05, 0.1) is 4.92 Å². The summed E-state index contributed by atoms with van der Waals surface area (Å²) in [6.07, 6.45) is 0. The number of carboxylic acid groups (broad SMARTS) is 1. The van der Waals surface area contributed by atoms with E-state index in [1.165, 1.54) is 29.6 Å². The van der Waals surface area contributed by atoms with Crippen molar-refractivity contribution in [3.8, 4) is 11.5 Å². The summed E-state index contributed by atoms with van der Waals surface area (Å²) in [5, 5.41) is 21.1. The molecule has 0 amide bonds. The maximum Gasteiger partial charge on any atom is 0.346 e. The van der Waals surface area contributed by atoms with E-state index in [1.807, 2.05) is 0 Å². The van der Waals surface area contributed by atoms with Crippen LogP contribution in [-0.4, -0.2) is 16.0 Å². The number of carbonyl (C=O) groups is 1. The average Bonchev–Trinajstić information content (AvgIpc) is 2.77. The van der Waals surface area contributed by atoms with Crippen LogP contribution in [0, 0.1) is 10.1 Å². The first-order valence-corrected chi connectivity index (χ1v) is 6.17. The smallest absolute Gasteiger partial charge is 0.346 e. The zero-order valence-electron chi connectivity index (χ0n) is 9.20. The molecule has 98 valence electrons. The summed E-state index contributed by atoms with van der Waals surface area (Å²) in [7, 11) is 0. The van der Waals surface area contributed by atoms with Gasteiger partial charge in [0.1, 0.15) is 15.6 Å². The number of thiophene rings is 1. The maximum absolute atomic E-state index is 10.9. The number of ether oxygens (including phenoxy) is 1. The number of hydrogen-bond donors (Lipinski definition) is 1. The SMILES string of the molecule is O=C(O)c1cc(Oc2cccc(Cl)c2[N+](=O)[O-])cs1. The van der Waals surface area contributed by atoms with Gasteiger partial charge in [-0.25, -0.2) is 4.79 Å². The van der Waals surface area contributed by atoms with Gasteiger partial charge in [0, 0.05) is 11.4 Å². The van der Waals surface area contributed by atoms with E-state index in [0.717, 1.165) is 11.3 Å². The van der Waals surface area contributed by atoms with Gasteiger partial charge in [0.25, 0.3) is 0 Å². The first kappa shape index (κ1) is 13.3. The molecule has 8 heteroatoms. The minimum Gasteiger partial charge on any atom is -0.477 e. The van der Waals surface area contributed by atoms with Gasteiger partial charge in [-0.1, -0.05) is 17.7 Å². The second-order valence-electron chi connectivity index (χ2n) is 3.40. The number of hydrogen-bond acceptors (Lipinski definition) is 5. The number of nitrogens with zero attached hydrogens (tertiary/aromatic N) is 1. The van der Waals surface area contributed by atoms with Gasteiger partial charge in [-0.3, -0.25) is 10.1 Å². The molecule has 0 saturated heterocycles. The molecule has 0 unspecified atom stereocenters. The molecule has 0 spiro atoms. The zero-order chi connectivity index (χ0) is 14.0. The largest absolute Gasteiger partial charge is 0.477 e. The second-order valence-corrected chi connectivity index (χ2v) is 4.72. The van der Waals surface area contributed by atoms with Crippen molar-refractivity contribution in [3.63, 3.8) is 0 Å². The van der Waals surface area contributed by atoms with E-state index in [2.05, 4.69) is 0 Å². The van der Waals surface area contributed by atoms with Crippen LogP contribution >= 0.6 is 22.9 Å². The lowest BCUT2D eigenvalue weighted by molar-refractivity contribution is -0.385. The number of halogens is 1. The first-order valence-electron chi connectivity index (χ1n) is 4.91. The number of para-hydroxylation sites is 1. The van der Waals surface area contributed by atoms with Gasteiger partial charge in [-0.15, -0.1) is 11.3 Å². The van der Waals surface area contributed by atoms with Gasteiger partial charge in [0.2, 0.25) is 5.75 Å². The van der Waals surface area contributed by atoms with E-state index in [4.69, 9.17) is 21.4 Å². The molecular formula is C11H6ClNO5S. The zero-order valence-corrected chi connectivity index (χ0v) is 10.8. The van der Waals surface area contributed by atoms with Gasteiger partial charge in [0.15, 0.2) is 0 Å². The summed E-state index contributed by atoms with van der Waals surface area (Å²) in [5.74, 6) is -0.902. The lowest BCUT2D eigenvalue weighted by Gasteiger charge is -2.04. The van der Waals surface area contributed by atoms with E-state index in [0.29, 0.717) is 0 Å². The van der Waals surface area contributed by atoms with Crippen molar-refractivity contribution in [2.24, 2.45) is 0 Å². The lowest BCUT2D eigenvalue weighted by Crippen LogP contribution is -1.94. The third-order valence-electron chi connectivity index (χ3n) is 2.15. The fourth-order valence-electron chi connectivity index (χ4n) is 1.37. The normalized spacial score (nSPS) is 10.2. The summed E-state index contributed by atoms with van der Waals surface area (Å²) < 4.78 is 5.30. The fourth-order valence-corrected chi connectivity index (χ4v) is 2.25. The molecule has 1 aromatic carbocycles. The van der Waals surface area contributed by atoms with Crippen molar-refractivity contribution in [3.05, 3.63) is 49.7 Å². The van der Waals surface area contributed by atoms with Crippen molar-refractivity contribution >= 4 is 34.6 Å². The third-order valence-corrected chi connectivity index (χ3v) is 3.35. The molecule has 1 N–H and O–H groups in total. The molecule has 0 radical (unpaired) electrons. The number of carboxylic acids is 1. The summed E-state index contributed by atoms with van der Waals surface area (Å²) >= 11 is 6.70. The number of aromatic carboxylic acids is 1. The second kappa shape index (κ2) is 5.25. The predicted octanol–water partition coefficient (Wildman–Crippen LogP) is 3.80. The lowest BCUT2D eigenvalue weighted by atomic mass is 10.3. The molecule has 0 aliphatic heterocycles. The molecule has 0 bridgehead atoms. The standard InChI is InChI=1S/C11H6ClNO5S/c12-7-2-1-3-8(10(7)13(16)17)18-6-4-9(11(14)15)19-5-6/h1-5H,(H,14,15). The van der Waals surface area contributed by atoms with Crippen molar-refractivity contribution in [2.75, 3.05) is 0 Å². The summed E-state index contributed by atoms with van der Waals surface area (Å²) in [6.45, 7) is 0. The van der Waals surface area contributed by atoms with Crippen LogP contribution in [0.4, 0.5) is 5.69 Å². The maximum atomic E-state index is 10.9. The molecule has 1 heterocycles. The van der Waals surface area contributed by atoms with Gasteiger partial charge in [-0.05, 0) is 12.1 Å². The van der Waals surface area contributed by atoms with Crippen LogP contribution in [0.2, 0.25) is 5.02 Å². The van der Waals surface area contributed by atoms with Crippen LogP contribution in [-0.2, 0) is 0 Å². The summed E-state index contributed by atoms with van der Waals surface area (Å²) in [6, 6.07) is 5.57. The van der Waals surface area contributed by atoms with Crippen LogP contribution in [0.15, 0.2) is 29.6 Å². The van der Waals surface area contributed by atoms with E-state index < -0.39 is 10.9 Å². The first-order chi connectivity index (χ1) is 8.99. The minimum atomic E-state index is -1.08. The Balaban J connectivity index is 2.35. The summed E-state index contributed by atoms with van der Waals surface area (Å²) in [5.41, 5.74) is -0.354. The molecule has 0 saturated carbocycles. The Labute approximate surface area is 116 Å². The predicted molar refractivity (Wildman–Crippen MR) is 69.5 cm³/mol. The van der Waals surface area contributed by atoms with Crippen LogP contribution in [0.1, 0.15) is 9.67 Å². The number of nitro groups is 1. The number of rotatable bonds is 4. The molecule has 19 heavy (non-hydrogen) atoms. The minimum absolute atomic E-state index is 0.0350. The molecule has 0 aliphatic rings. The molecule has 6 nitrogen and oxygen atoms in total. The molecule has 0 aliphatic carbocycles. The molecule has 2 rings (SSSR count). The Morgan fingerprint density at radius 1 is 1.47 bits per heavy atom. The number of nitro benzene ring substituents is 1. The van der Waals surface area contributed by atoms with Crippen LogP contribution < -0.4 is 4.74 Å². The average molecular weight is 300 g/mol. The van der Waals surface area contributed by atoms with E-state index in [1.54, 1.807) is 0 Å².